The van der Waals surface area contributed by atoms with E-state index >= 15 is 0 Å². The highest BCUT2D eigenvalue weighted by Crippen LogP contribution is 2.27. The number of ether oxygens (including phenoxy) is 1. The van der Waals surface area contributed by atoms with E-state index in [1.165, 1.54) is 12.3 Å². The summed E-state index contributed by atoms with van der Waals surface area (Å²) in [4.78, 5) is 28.5. The van der Waals surface area contributed by atoms with Crippen LogP contribution in [0.5, 0.6) is 0 Å². The molecule has 0 saturated heterocycles. The van der Waals surface area contributed by atoms with E-state index in [1.54, 1.807) is 19.1 Å². The van der Waals surface area contributed by atoms with E-state index in [-0.39, 0.29) is 29.8 Å². The fourth-order valence-corrected chi connectivity index (χ4v) is 2.38. The maximum absolute atomic E-state index is 12.5. The molecule has 0 fully saturated rings. The van der Waals surface area contributed by atoms with Crippen molar-refractivity contribution in [2.75, 3.05) is 6.61 Å². The molecule has 0 aliphatic rings. The van der Waals surface area contributed by atoms with Crippen LogP contribution in [0.1, 0.15) is 29.9 Å². The van der Waals surface area contributed by atoms with E-state index in [0.717, 1.165) is 0 Å². The number of pyridine rings is 1. The van der Waals surface area contributed by atoms with Gasteiger partial charge in [-0.3, -0.25) is 4.79 Å². The lowest BCUT2D eigenvalue weighted by molar-refractivity contribution is -0.124. The average molecular weight is 343 g/mol. The van der Waals surface area contributed by atoms with Gasteiger partial charge >= 0.3 is 5.97 Å². The zero-order valence-corrected chi connectivity index (χ0v) is 14.0. The monoisotopic (exact) mass is 343 g/mol. The number of hydrogen-bond acceptors (Lipinski definition) is 7. The fraction of sp³-hybridized carbons (Fsp3) is 0.294. The summed E-state index contributed by atoms with van der Waals surface area (Å²) in [5, 5.41) is 6.94. The molecule has 130 valence electrons. The topological polar surface area (TPSA) is 107 Å². The second kappa shape index (κ2) is 6.76. The van der Waals surface area contributed by atoms with Crippen LogP contribution in [0.25, 0.3) is 22.6 Å². The summed E-state index contributed by atoms with van der Waals surface area (Å²) in [5.41, 5.74) is 1.33. The van der Waals surface area contributed by atoms with Crippen LogP contribution in [0.15, 0.2) is 33.4 Å². The van der Waals surface area contributed by atoms with E-state index in [1.807, 2.05) is 13.8 Å². The minimum atomic E-state index is -0.662. The summed E-state index contributed by atoms with van der Waals surface area (Å²) in [6, 6.07) is 4.92. The highest BCUT2D eigenvalue weighted by atomic mass is 16.5. The number of aryl methyl sites for hydroxylation is 1. The quantitative estimate of drug-likeness (QED) is 0.709. The van der Waals surface area contributed by atoms with E-state index in [2.05, 4.69) is 15.5 Å². The smallest absolute Gasteiger partial charge is 0.339 e. The van der Waals surface area contributed by atoms with Crippen LogP contribution >= 0.6 is 0 Å². The molecule has 0 bridgehead atoms. The number of nitrogens with zero attached hydrogens (tertiary/aromatic N) is 2. The summed E-state index contributed by atoms with van der Waals surface area (Å²) in [6.07, 6.45) is 1.50. The van der Waals surface area contributed by atoms with Gasteiger partial charge < -0.3 is 19.0 Å². The minimum Gasteiger partial charge on any atom is -0.463 e. The van der Waals surface area contributed by atoms with Gasteiger partial charge in [-0.05, 0) is 39.0 Å². The van der Waals surface area contributed by atoms with Gasteiger partial charge in [0.25, 0.3) is 11.6 Å². The van der Waals surface area contributed by atoms with Crippen LogP contribution in [0.2, 0.25) is 0 Å². The van der Waals surface area contributed by atoms with Crippen molar-refractivity contribution in [3.05, 3.63) is 35.7 Å². The Bertz CT molecular complexity index is 912. The number of fused-ring (bicyclic) bond motifs is 1. The summed E-state index contributed by atoms with van der Waals surface area (Å²) < 4.78 is 15.6. The normalized spacial score (nSPS) is 11.0. The molecule has 3 aromatic rings. The summed E-state index contributed by atoms with van der Waals surface area (Å²) >= 11 is 0. The van der Waals surface area contributed by atoms with Crippen molar-refractivity contribution in [1.29, 1.82) is 0 Å². The number of aromatic nitrogens is 2. The van der Waals surface area contributed by atoms with Crippen LogP contribution in [0.4, 0.5) is 0 Å². The molecule has 3 aromatic heterocycles. The Kier molecular flexibility index (Phi) is 4.51. The summed E-state index contributed by atoms with van der Waals surface area (Å²) in [6.45, 7) is 4.97. The van der Waals surface area contributed by atoms with Gasteiger partial charge in [0.2, 0.25) is 0 Å². The molecule has 25 heavy (non-hydrogen) atoms. The lowest BCUT2D eigenvalue weighted by atomic mass is 10.1. The number of rotatable bonds is 5. The lowest BCUT2D eigenvalue weighted by Crippen LogP contribution is -2.34. The van der Waals surface area contributed by atoms with Crippen LogP contribution in [-0.2, 0) is 9.53 Å². The standard InChI is InChI=1S/C17H17N3O5/c1-9(2)18-14(21)8-24-17(22)11-7-12(13-5-4-6-23-13)19-16-15(11)10(3)20-25-16/h4-7,9H,8H2,1-3H3,(H,18,21). The van der Waals surface area contributed by atoms with Crippen molar-refractivity contribution < 1.29 is 23.3 Å². The third kappa shape index (κ3) is 3.52. The Labute approximate surface area is 143 Å². The van der Waals surface area contributed by atoms with Crippen LogP contribution in [0, 0.1) is 6.92 Å². The van der Waals surface area contributed by atoms with Gasteiger partial charge in [-0.25, -0.2) is 9.78 Å². The Balaban J connectivity index is 1.92. The third-order valence-corrected chi connectivity index (χ3v) is 3.39. The van der Waals surface area contributed by atoms with Crippen molar-refractivity contribution in [1.82, 2.24) is 15.5 Å². The maximum atomic E-state index is 12.5. The first kappa shape index (κ1) is 16.7. The van der Waals surface area contributed by atoms with E-state index in [9.17, 15) is 9.59 Å². The Morgan fingerprint density at radius 1 is 1.36 bits per heavy atom. The minimum absolute atomic E-state index is 0.0373. The van der Waals surface area contributed by atoms with Crippen molar-refractivity contribution >= 4 is 23.0 Å². The molecule has 1 N–H and O–H groups in total. The molecule has 0 aliphatic carbocycles. The molecule has 0 spiro atoms. The van der Waals surface area contributed by atoms with Crippen molar-refractivity contribution in [2.45, 2.75) is 26.8 Å². The molecule has 3 rings (SSSR count). The van der Waals surface area contributed by atoms with Crippen LogP contribution in [-0.4, -0.2) is 34.7 Å². The van der Waals surface area contributed by atoms with Gasteiger partial charge in [-0.2, -0.15) is 0 Å². The lowest BCUT2D eigenvalue weighted by Gasteiger charge is -2.09. The Morgan fingerprint density at radius 3 is 2.84 bits per heavy atom. The number of esters is 1. The molecule has 3 heterocycles. The van der Waals surface area contributed by atoms with E-state index in [0.29, 0.717) is 22.5 Å². The maximum Gasteiger partial charge on any atom is 0.339 e. The predicted octanol–water partition coefficient (Wildman–Crippen LogP) is 2.47. The highest BCUT2D eigenvalue weighted by Gasteiger charge is 2.21. The SMILES string of the molecule is Cc1noc2nc(-c3ccco3)cc(C(=O)OCC(=O)NC(C)C)c12. The largest absolute Gasteiger partial charge is 0.463 e. The molecule has 0 aromatic carbocycles. The van der Waals surface area contributed by atoms with Crippen molar-refractivity contribution in [2.24, 2.45) is 0 Å². The Morgan fingerprint density at radius 2 is 2.16 bits per heavy atom. The molecule has 0 radical (unpaired) electrons. The molecule has 1 amide bonds. The number of furan rings is 1. The molecular weight excluding hydrogens is 326 g/mol. The zero-order chi connectivity index (χ0) is 18.0. The summed E-state index contributed by atoms with van der Waals surface area (Å²) in [7, 11) is 0. The first-order valence-electron chi connectivity index (χ1n) is 7.73. The van der Waals surface area contributed by atoms with Gasteiger partial charge in [-0.15, -0.1) is 0 Å². The number of nitrogens with one attached hydrogen (secondary N) is 1. The van der Waals surface area contributed by atoms with E-state index < -0.39 is 5.97 Å². The van der Waals surface area contributed by atoms with E-state index in [4.69, 9.17) is 13.7 Å². The zero-order valence-electron chi connectivity index (χ0n) is 14.0. The average Bonchev–Trinajstić information content (AvgIpc) is 3.21. The molecular formula is C17H17N3O5. The number of carbonyl (C=O) groups excluding carboxylic acids is 2. The van der Waals surface area contributed by atoms with Crippen molar-refractivity contribution in [3.8, 4) is 11.5 Å². The first-order chi connectivity index (χ1) is 12.0. The fourth-order valence-electron chi connectivity index (χ4n) is 2.38. The molecule has 0 saturated carbocycles. The van der Waals surface area contributed by atoms with Gasteiger partial charge in [0.05, 0.1) is 22.9 Å². The van der Waals surface area contributed by atoms with Gasteiger partial charge in [-0.1, -0.05) is 5.16 Å². The van der Waals surface area contributed by atoms with Crippen molar-refractivity contribution in [3.63, 3.8) is 0 Å². The second-order valence-electron chi connectivity index (χ2n) is 5.78. The third-order valence-electron chi connectivity index (χ3n) is 3.39. The molecule has 8 nitrogen and oxygen atoms in total. The second-order valence-corrected chi connectivity index (χ2v) is 5.78. The first-order valence-corrected chi connectivity index (χ1v) is 7.73. The number of carbonyl (C=O) groups is 2. The summed E-state index contributed by atoms with van der Waals surface area (Å²) in [5.74, 6) is -0.560. The predicted molar refractivity (Wildman–Crippen MR) is 87.8 cm³/mol. The van der Waals surface area contributed by atoms with Crippen LogP contribution in [0.3, 0.4) is 0 Å². The Hall–Kier alpha value is -3.16. The van der Waals surface area contributed by atoms with Gasteiger partial charge in [0.1, 0.15) is 5.69 Å². The number of amides is 1. The number of hydrogen-bond donors (Lipinski definition) is 1. The molecule has 8 heteroatoms. The highest BCUT2D eigenvalue weighted by molar-refractivity contribution is 6.04. The molecule has 0 atom stereocenters. The van der Waals surface area contributed by atoms with Crippen LogP contribution < -0.4 is 5.32 Å². The molecule has 0 unspecified atom stereocenters. The van der Waals surface area contributed by atoms with Gasteiger partial charge in [0.15, 0.2) is 12.4 Å². The van der Waals surface area contributed by atoms with Gasteiger partial charge in [0, 0.05) is 6.04 Å². The molecule has 0 aliphatic heterocycles.